The molecule has 0 bridgehead atoms. The molecule has 0 unspecified atom stereocenters. The van der Waals surface area contributed by atoms with Gasteiger partial charge in [-0.1, -0.05) is 17.7 Å². The first kappa shape index (κ1) is 13.6. The van der Waals surface area contributed by atoms with E-state index in [1.165, 1.54) is 12.1 Å². The van der Waals surface area contributed by atoms with Gasteiger partial charge in [-0.2, -0.15) is 0 Å². The van der Waals surface area contributed by atoms with Crippen molar-refractivity contribution in [3.8, 4) is 0 Å². The maximum Gasteiger partial charge on any atom is 0.313 e. The van der Waals surface area contributed by atoms with E-state index in [1.807, 2.05) is 0 Å². The number of ketones is 1. The van der Waals surface area contributed by atoms with Crippen molar-refractivity contribution in [3.05, 3.63) is 34.6 Å². The van der Waals surface area contributed by atoms with Crippen LogP contribution in [0, 0.1) is 5.82 Å². The lowest BCUT2D eigenvalue weighted by Gasteiger charge is -2.03. The van der Waals surface area contributed by atoms with E-state index in [4.69, 9.17) is 11.6 Å². The maximum atomic E-state index is 13.1. The molecule has 0 amide bonds. The predicted molar refractivity (Wildman–Crippen MR) is 61.4 cm³/mol. The first-order valence-electron chi connectivity index (χ1n) is 5.14. The molecule has 0 aliphatic carbocycles. The maximum absolute atomic E-state index is 13.1. The molecule has 0 fully saturated rings. The Labute approximate surface area is 104 Å². The normalized spacial score (nSPS) is 10.1. The Morgan fingerprint density at radius 1 is 1.41 bits per heavy atom. The lowest BCUT2D eigenvalue weighted by atomic mass is 10.1. The van der Waals surface area contributed by atoms with E-state index in [0.29, 0.717) is 5.56 Å². The molecule has 5 heteroatoms. The second-order valence-corrected chi connectivity index (χ2v) is 3.85. The fourth-order valence-electron chi connectivity index (χ4n) is 1.31. The third-order valence-electron chi connectivity index (χ3n) is 2.03. The van der Waals surface area contributed by atoms with Crippen molar-refractivity contribution in [2.75, 3.05) is 6.61 Å². The molecular formula is C12H12ClFO3. The zero-order valence-corrected chi connectivity index (χ0v) is 10.1. The minimum Gasteiger partial charge on any atom is -0.466 e. The van der Waals surface area contributed by atoms with E-state index in [0.717, 1.165) is 0 Å². The highest BCUT2D eigenvalue weighted by Gasteiger charge is 2.11. The SMILES string of the molecule is CCOC(=O)CC(=O)Cc1ccc(Cl)c(F)c1. The smallest absolute Gasteiger partial charge is 0.313 e. The Bertz CT molecular complexity index is 432. The second-order valence-electron chi connectivity index (χ2n) is 3.45. The summed E-state index contributed by atoms with van der Waals surface area (Å²) in [5.41, 5.74) is 0.487. The van der Waals surface area contributed by atoms with Gasteiger partial charge in [-0.05, 0) is 24.6 Å². The molecule has 92 valence electrons. The van der Waals surface area contributed by atoms with Gasteiger partial charge >= 0.3 is 5.97 Å². The first-order chi connectivity index (χ1) is 8.02. The number of rotatable bonds is 5. The van der Waals surface area contributed by atoms with Crippen LogP contribution < -0.4 is 0 Å². The number of halogens is 2. The molecule has 0 saturated carbocycles. The summed E-state index contributed by atoms with van der Waals surface area (Å²) in [5, 5.41) is 0.00610. The van der Waals surface area contributed by atoms with Gasteiger partial charge in [0, 0.05) is 6.42 Å². The summed E-state index contributed by atoms with van der Waals surface area (Å²) in [6.07, 6.45) is -0.301. The topological polar surface area (TPSA) is 43.4 Å². The monoisotopic (exact) mass is 258 g/mol. The predicted octanol–water partition coefficient (Wildman–Crippen LogP) is 2.54. The third-order valence-corrected chi connectivity index (χ3v) is 2.34. The van der Waals surface area contributed by atoms with Crippen molar-refractivity contribution in [2.45, 2.75) is 19.8 Å². The van der Waals surface area contributed by atoms with Gasteiger partial charge in [-0.15, -0.1) is 0 Å². The molecular weight excluding hydrogens is 247 g/mol. The van der Waals surface area contributed by atoms with E-state index in [1.54, 1.807) is 13.0 Å². The number of Topliss-reactive ketones (excluding diaryl/α,β-unsaturated/α-hetero) is 1. The van der Waals surface area contributed by atoms with Crippen LogP contribution in [-0.2, 0) is 20.7 Å². The molecule has 0 N–H and O–H groups in total. The standard InChI is InChI=1S/C12H12ClFO3/c1-2-17-12(16)7-9(15)5-8-3-4-10(13)11(14)6-8/h3-4,6H,2,5,7H2,1H3. The Hall–Kier alpha value is -1.42. The fourth-order valence-corrected chi connectivity index (χ4v) is 1.43. The molecule has 0 saturated heterocycles. The van der Waals surface area contributed by atoms with Crippen LogP contribution in [0.1, 0.15) is 18.9 Å². The Balaban J connectivity index is 2.56. The Morgan fingerprint density at radius 3 is 2.71 bits per heavy atom. The molecule has 1 rings (SSSR count). The highest BCUT2D eigenvalue weighted by Crippen LogP contribution is 2.16. The zero-order valence-electron chi connectivity index (χ0n) is 9.33. The third kappa shape index (κ3) is 4.53. The number of carbonyl (C=O) groups is 2. The minimum atomic E-state index is -0.576. The Morgan fingerprint density at radius 2 is 2.12 bits per heavy atom. The van der Waals surface area contributed by atoms with Crippen LogP contribution in [0.4, 0.5) is 4.39 Å². The van der Waals surface area contributed by atoms with E-state index in [9.17, 15) is 14.0 Å². The van der Waals surface area contributed by atoms with Crippen LogP contribution in [0.5, 0.6) is 0 Å². The number of hydrogen-bond donors (Lipinski definition) is 0. The van der Waals surface area contributed by atoms with E-state index >= 15 is 0 Å². The summed E-state index contributed by atoms with van der Waals surface area (Å²) in [6, 6.07) is 4.11. The summed E-state index contributed by atoms with van der Waals surface area (Å²) in [6.45, 7) is 1.90. The molecule has 17 heavy (non-hydrogen) atoms. The number of carbonyl (C=O) groups excluding carboxylic acids is 2. The van der Waals surface area contributed by atoms with Gasteiger partial charge in [-0.3, -0.25) is 9.59 Å². The highest BCUT2D eigenvalue weighted by molar-refractivity contribution is 6.30. The van der Waals surface area contributed by atoms with Gasteiger partial charge in [0.05, 0.1) is 11.6 Å². The van der Waals surface area contributed by atoms with E-state index < -0.39 is 11.8 Å². The van der Waals surface area contributed by atoms with Crippen LogP contribution >= 0.6 is 11.6 Å². The van der Waals surface area contributed by atoms with Crippen molar-refractivity contribution in [3.63, 3.8) is 0 Å². The van der Waals surface area contributed by atoms with Crippen molar-refractivity contribution in [1.82, 2.24) is 0 Å². The fraction of sp³-hybridized carbons (Fsp3) is 0.333. The largest absolute Gasteiger partial charge is 0.466 e. The lowest BCUT2D eigenvalue weighted by Crippen LogP contribution is -2.13. The number of hydrogen-bond acceptors (Lipinski definition) is 3. The van der Waals surface area contributed by atoms with Crippen molar-refractivity contribution < 1.29 is 18.7 Å². The van der Waals surface area contributed by atoms with Crippen molar-refractivity contribution in [2.24, 2.45) is 0 Å². The molecule has 0 spiro atoms. The lowest BCUT2D eigenvalue weighted by molar-refractivity contribution is -0.145. The van der Waals surface area contributed by atoms with Gasteiger partial charge in [0.25, 0.3) is 0 Å². The van der Waals surface area contributed by atoms with Gasteiger partial charge in [0.1, 0.15) is 18.0 Å². The second kappa shape index (κ2) is 6.35. The van der Waals surface area contributed by atoms with Crippen LogP contribution in [-0.4, -0.2) is 18.4 Å². The van der Waals surface area contributed by atoms with Crippen LogP contribution in [0.2, 0.25) is 5.02 Å². The van der Waals surface area contributed by atoms with Gasteiger partial charge in [0.15, 0.2) is 0 Å². The minimum absolute atomic E-state index is 0.00610. The van der Waals surface area contributed by atoms with Gasteiger partial charge in [0.2, 0.25) is 0 Å². The summed E-state index contributed by atoms with van der Waals surface area (Å²) < 4.78 is 17.7. The first-order valence-corrected chi connectivity index (χ1v) is 5.52. The van der Waals surface area contributed by atoms with E-state index in [-0.39, 0.29) is 30.3 Å². The van der Waals surface area contributed by atoms with Crippen LogP contribution in [0.3, 0.4) is 0 Å². The summed E-state index contributed by atoms with van der Waals surface area (Å²) in [4.78, 5) is 22.5. The molecule has 1 aromatic carbocycles. The summed E-state index contributed by atoms with van der Waals surface area (Å²) in [5.74, 6) is -1.45. The Kier molecular flexibility index (Phi) is 5.10. The summed E-state index contributed by atoms with van der Waals surface area (Å²) >= 11 is 5.51. The number of ether oxygens (including phenoxy) is 1. The molecule has 3 nitrogen and oxygen atoms in total. The number of benzene rings is 1. The van der Waals surface area contributed by atoms with Crippen molar-refractivity contribution >= 4 is 23.4 Å². The van der Waals surface area contributed by atoms with Crippen molar-refractivity contribution in [1.29, 1.82) is 0 Å². The number of esters is 1. The zero-order chi connectivity index (χ0) is 12.8. The summed E-state index contributed by atoms with van der Waals surface area (Å²) in [7, 11) is 0. The average molecular weight is 259 g/mol. The van der Waals surface area contributed by atoms with Gasteiger partial charge in [-0.25, -0.2) is 4.39 Å². The van der Waals surface area contributed by atoms with Crippen LogP contribution in [0.15, 0.2) is 18.2 Å². The quantitative estimate of drug-likeness (QED) is 0.602. The molecule has 1 aromatic rings. The molecule has 0 aliphatic rings. The molecule has 0 aromatic heterocycles. The molecule has 0 aliphatic heterocycles. The van der Waals surface area contributed by atoms with Gasteiger partial charge < -0.3 is 4.74 Å². The molecule has 0 heterocycles. The molecule has 0 atom stereocenters. The average Bonchev–Trinajstić information content (AvgIpc) is 2.23. The van der Waals surface area contributed by atoms with E-state index in [2.05, 4.69) is 4.74 Å². The van der Waals surface area contributed by atoms with Crippen LogP contribution in [0.25, 0.3) is 0 Å². The highest BCUT2D eigenvalue weighted by atomic mass is 35.5. The molecule has 0 radical (unpaired) electrons.